The van der Waals surface area contributed by atoms with E-state index in [0.29, 0.717) is 5.56 Å². The standard InChI is InChI=1S/C16H18O2/c1-9-7-14(12(4)11(3)10(9)2)15-8-13(17)5-6-16(15)18/h5-8,17-18H,1-4H3. The van der Waals surface area contributed by atoms with Gasteiger partial charge in [-0.05, 0) is 73.7 Å². The van der Waals surface area contributed by atoms with Crippen LogP contribution in [0.15, 0.2) is 24.3 Å². The molecule has 0 aromatic heterocycles. The molecular weight excluding hydrogens is 224 g/mol. The van der Waals surface area contributed by atoms with Crippen LogP contribution in [0.25, 0.3) is 11.1 Å². The maximum atomic E-state index is 9.95. The highest BCUT2D eigenvalue weighted by molar-refractivity contribution is 5.76. The monoisotopic (exact) mass is 242 g/mol. The fourth-order valence-electron chi connectivity index (χ4n) is 2.23. The van der Waals surface area contributed by atoms with Gasteiger partial charge in [0.05, 0.1) is 0 Å². The lowest BCUT2D eigenvalue weighted by Crippen LogP contribution is -1.94. The summed E-state index contributed by atoms with van der Waals surface area (Å²) in [6, 6.07) is 6.68. The summed E-state index contributed by atoms with van der Waals surface area (Å²) in [6.45, 7) is 8.29. The van der Waals surface area contributed by atoms with Gasteiger partial charge in [-0.15, -0.1) is 0 Å². The molecule has 94 valence electrons. The number of phenolic OH excluding ortho intramolecular Hbond substituents is 2. The summed E-state index contributed by atoms with van der Waals surface area (Å²) in [5.41, 5.74) is 6.49. The van der Waals surface area contributed by atoms with Crippen molar-refractivity contribution in [3.8, 4) is 22.6 Å². The molecular formula is C16H18O2. The van der Waals surface area contributed by atoms with E-state index in [2.05, 4.69) is 26.8 Å². The first-order valence-electron chi connectivity index (χ1n) is 6.01. The molecule has 0 spiro atoms. The second-order valence-electron chi connectivity index (χ2n) is 4.82. The molecule has 0 aliphatic carbocycles. The zero-order valence-corrected chi connectivity index (χ0v) is 11.2. The molecule has 0 saturated heterocycles. The Morgan fingerprint density at radius 3 is 2.06 bits per heavy atom. The number of benzene rings is 2. The van der Waals surface area contributed by atoms with Crippen LogP contribution in [0.1, 0.15) is 22.3 Å². The highest BCUT2D eigenvalue weighted by atomic mass is 16.3. The molecule has 2 aromatic rings. The first-order chi connectivity index (χ1) is 8.41. The van der Waals surface area contributed by atoms with Crippen LogP contribution in [0.4, 0.5) is 0 Å². The highest BCUT2D eigenvalue weighted by Gasteiger charge is 2.12. The number of rotatable bonds is 1. The molecule has 0 heterocycles. The molecule has 2 rings (SSSR count). The van der Waals surface area contributed by atoms with Gasteiger partial charge >= 0.3 is 0 Å². The fourth-order valence-corrected chi connectivity index (χ4v) is 2.23. The average molecular weight is 242 g/mol. The quantitative estimate of drug-likeness (QED) is 0.742. The summed E-state index contributed by atoms with van der Waals surface area (Å²) in [4.78, 5) is 0. The van der Waals surface area contributed by atoms with Gasteiger partial charge in [0.15, 0.2) is 0 Å². The fraction of sp³-hybridized carbons (Fsp3) is 0.250. The van der Waals surface area contributed by atoms with Gasteiger partial charge in [0.1, 0.15) is 11.5 Å². The third-order valence-electron chi connectivity index (χ3n) is 3.75. The predicted molar refractivity (Wildman–Crippen MR) is 74.2 cm³/mol. The van der Waals surface area contributed by atoms with Crippen LogP contribution in [0.2, 0.25) is 0 Å². The molecule has 0 saturated carbocycles. The lowest BCUT2D eigenvalue weighted by atomic mass is 9.90. The van der Waals surface area contributed by atoms with Gasteiger partial charge in [-0.2, -0.15) is 0 Å². The average Bonchev–Trinajstić information content (AvgIpc) is 2.34. The Hall–Kier alpha value is -1.96. The van der Waals surface area contributed by atoms with Crippen molar-refractivity contribution in [1.82, 2.24) is 0 Å². The van der Waals surface area contributed by atoms with Crippen molar-refractivity contribution in [2.24, 2.45) is 0 Å². The Bertz CT molecular complexity index is 613. The van der Waals surface area contributed by atoms with Gasteiger partial charge < -0.3 is 10.2 Å². The van der Waals surface area contributed by atoms with E-state index in [0.717, 1.165) is 11.1 Å². The number of hydrogen-bond donors (Lipinski definition) is 2. The van der Waals surface area contributed by atoms with E-state index in [4.69, 9.17) is 0 Å². The molecule has 0 aliphatic heterocycles. The van der Waals surface area contributed by atoms with Gasteiger partial charge in [-0.3, -0.25) is 0 Å². The summed E-state index contributed by atoms with van der Waals surface area (Å²) in [6.07, 6.45) is 0. The van der Waals surface area contributed by atoms with E-state index < -0.39 is 0 Å². The third-order valence-corrected chi connectivity index (χ3v) is 3.75. The van der Waals surface area contributed by atoms with E-state index >= 15 is 0 Å². The summed E-state index contributed by atoms with van der Waals surface area (Å²) in [5.74, 6) is 0.358. The van der Waals surface area contributed by atoms with Crippen LogP contribution in [-0.2, 0) is 0 Å². The van der Waals surface area contributed by atoms with Crippen LogP contribution in [0, 0.1) is 27.7 Å². The van der Waals surface area contributed by atoms with Crippen LogP contribution in [0.5, 0.6) is 11.5 Å². The molecule has 0 atom stereocenters. The number of aryl methyl sites for hydroxylation is 1. The highest BCUT2D eigenvalue weighted by Crippen LogP contribution is 2.36. The van der Waals surface area contributed by atoms with Crippen LogP contribution >= 0.6 is 0 Å². The summed E-state index contributed by atoms with van der Waals surface area (Å²) >= 11 is 0. The maximum absolute atomic E-state index is 9.95. The van der Waals surface area contributed by atoms with Crippen molar-refractivity contribution < 1.29 is 10.2 Å². The Labute approximate surface area is 108 Å². The molecule has 18 heavy (non-hydrogen) atoms. The van der Waals surface area contributed by atoms with Crippen LogP contribution in [0.3, 0.4) is 0 Å². The molecule has 2 nitrogen and oxygen atoms in total. The molecule has 2 N–H and O–H groups in total. The maximum Gasteiger partial charge on any atom is 0.123 e. The van der Waals surface area contributed by atoms with Crippen molar-refractivity contribution in [2.45, 2.75) is 27.7 Å². The molecule has 0 radical (unpaired) electrons. The largest absolute Gasteiger partial charge is 0.508 e. The summed E-state index contributed by atoms with van der Waals surface area (Å²) in [5, 5.41) is 19.5. The predicted octanol–water partition coefficient (Wildman–Crippen LogP) is 4.00. The Morgan fingerprint density at radius 2 is 1.39 bits per heavy atom. The van der Waals surface area contributed by atoms with E-state index in [1.807, 2.05) is 6.92 Å². The Balaban J connectivity index is 2.75. The van der Waals surface area contributed by atoms with Crippen molar-refractivity contribution in [3.05, 3.63) is 46.5 Å². The molecule has 0 fully saturated rings. The summed E-state index contributed by atoms with van der Waals surface area (Å²) < 4.78 is 0. The minimum Gasteiger partial charge on any atom is -0.508 e. The van der Waals surface area contributed by atoms with Crippen molar-refractivity contribution in [1.29, 1.82) is 0 Å². The molecule has 2 heteroatoms. The smallest absolute Gasteiger partial charge is 0.123 e. The summed E-state index contributed by atoms with van der Waals surface area (Å²) in [7, 11) is 0. The van der Waals surface area contributed by atoms with Gasteiger partial charge in [-0.25, -0.2) is 0 Å². The molecule has 0 amide bonds. The van der Waals surface area contributed by atoms with E-state index in [9.17, 15) is 10.2 Å². The van der Waals surface area contributed by atoms with Crippen LogP contribution in [-0.4, -0.2) is 10.2 Å². The van der Waals surface area contributed by atoms with Crippen molar-refractivity contribution in [3.63, 3.8) is 0 Å². The first kappa shape index (κ1) is 12.5. The zero-order chi connectivity index (χ0) is 13.4. The molecule has 2 aromatic carbocycles. The zero-order valence-electron chi connectivity index (χ0n) is 11.2. The van der Waals surface area contributed by atoms with Crippen LogP contribution < -0.4 is 0 Å². The second kappa shape index (κ2) is 4.37. The molecule has 0 aliphatic rings. The van der Waals surface area contributed by atoms with Gasteiger partial charge in [0.25, 0.3) is 0 Å². The Morgan fingerprint density at radius 1 is 0.722 bits per heavy atom. The van der Waals surface area contributed by atoms with E-state index in [1.54, 1.807) is 6.07 Å². The number of hydrogen-bond acceptors (Lipinski definition) is 2. The first-order valence-corrected chi connectivity index (χ1v) is 6.01. The van der Waals surface area contributed by atoms with Gasteiger partial charge in [0, 0.05) is 5.56 Å². The number of phenols is 2. The van der Waals surface area contributed by atoms with Gasteiger partial charge in [-0.1, -0.05) is 6.07 Å². The topological polar surface area (TPSA) is 40.5 Å². The number of aromatic hydroxyl groups is 2. The van der Waals surface area contributed by atoms with E-state index in [-0.39, 0.29) is 11.5 Å². The van der Waals surface area contributed by atoms with Crippen molar-refractivity contribution in [2.75, 3.05) is 0 Å². The Kier molecular flexibility index (Phi) is 3.04. The lowest BCUT2D eigenvalue weighted by Gasteiger charge is -2.15. The van der Waals surface area contributed by atoms with Crippen molar-refractivity contribution >= 4 is 0 Å². The normalized spacial score (nSPS) is 10.7. The van der Waals surface area contributed by atoms with E-state index in [1.165, 1.54) is 28.8 Å². The second-order valence-corrected chi connectivity index (χ2v) is 4.82. The minimum atomic E-state index is 0.165. The molecule has 0 unspecified atom stereocenters. The minimum absolute atomic E-state index is 0.165. The SMILES string of the molecule is Cc1cc(-c2cc(O)ccc2O)c(C)c(C)c1C. The lowest BCUT2D eigenvalue weighted by molar-refractivity contribution is 0.462. The third kappa shape index (κ3) is 1.94. The van der Waals surface area contributed by atoms with Gasteiger partial charge in [0.2, 0.25) is 0 Å². The molecule has 0 bridgehead atoms.